The normalized spacial score (nSPS) is 11.6. The average Bonchev–Trinajstić information content (AvgIpc) is 3.27. The lowest BCUT2D eigenvalue weighted by atomic mass is 10.1. The lowest BCUT2D eigenvalue weighted by Crippen LogP contribution is -2.37. The quantitative estimate of drug-likeness (QED) is 0.326. The van der Waals surface area contributed by atoms with Gasteiger partial charge in [-0.3, -0.25) is 14.2 Å². The predicted molar refractivity (Wildman–Crippen MR) is 143 cm³/mol. The van der Waals surface area contributed by atoms with Crippen molar-refractivity contribution in [2.45, 2.75) is 37.6 Å². The number of hydrogen-bond acceptors (Lipinski definition) is 5. The first-order chi connectivity index (χ1) is 17.4. The molecule has 1 aromatic heterocycles. The van der Waals surface area contributed by atoms with Crippen molar-refractivity contribution >= 4 is 29.3 Å². The molecule has 0 spiro atoms. The number of rotatable bonds is 9. The summed E-state index contributed by atoms with van der Waals surface area (Å²) in [4.78, 5) is 25.3. The monoisotopic (exact) mass is 499 g/mol. The lowest BCUT2D eigenvalue weighted by Gasteiger charge is -2.15. The van der Waals surface area contributed by atoms with E-state index in [-0.39, 0.29) is 18.4 Å². The average molecular weight is 500 g/mol. The zero-order valence-electron chi connectivity index (χ0n) is 20.6. The van der Waals surface area contributed by atoms with E-state index in [1.807, 2.05) is 85.1 Å². The van der Waals surface area contributed by atoms with E-state index in [9.17, 15) is 9.59 Å². The number of nitrogens with zero attached hydrogens (tertiary/aromatic N) is 3. The number of aryl methyl sites for hydroxylation is 2. The summed E-state index contributed by atoms with van der Waals surface area (Å²) in [5.41, 5.74) is 4.78. The Kier molecular flexibility index (Phi) is 8.17. The van der Waals surface area contributed by atoms with Gasteiger partial charge in [0.2, 0.25) is 11.8 Å². The highest BCUT2D eigenvalue weighted by molar-refractivity contribution is 8.00. The van der Waals surface area contributed by atoms with Crippen molar-refractivity contribution in [1.82, 2.24) is 20.1 Å². The molecule has 0 aliphatic carbocycles. The van der Waals surface area contributed by atoms with Crippen LogP contribution in [0.25, 0.3) is 5.69 Å². The van der Waals surface area contributed by atoms with E-state index in [1.165, 1.54) is 11.8 Å². The van der Waals surface area contributed by atoms with Crippen LogP contribution in [0.1, 0.15) is 29.4 Å². The maximum Gasteiger partial charge on any atom is 0.243 e. The van der Waals surface area contributed by atoms with Gasteiger partial charge in [-0.05, 0) is 49.6 Å². The van der Waals surface area contributed by atoms with Crippen molar-refractivity contribution < 1.29 is 9.59 Å². The minimum Gasteiger partial charge on any atom is -0.346 e. The molecule has 0 radical (unpaired) electrons. The summed E-state index contributed by atoms with van der Waals surface area (Å²) in [6.45, 7) is 5.57. The number of hydrogen-bond donors (Lipinski definition) is 2. The molecule has 0 aliphatic rings. The molecule has 1 unspecified atom stereocenters. The summed E-state index contributed by atoms with van der Waals surface area (Å²) in [5, 5.41) is 14.6. The van der Waals surface area contributed by atoms with Crippen LogP contribution in [0, 0.1) is 13.8 Å². The largest absolute Gasteiger partial charge is 0.346 e. The Morgan fingerprint density at radius 3 is 2.19 bits per heavy atom. The molecule has 2 amide bonds. The molecular weight excluding hydrogens is 470 g/mol. The van der Waals surface area contributed by atoms with Gasteiger partial charge >= 0.3 is 0 Å². The first kappa shape index (κ1) is 25.2. The second kappa shape index (κ2) is 11.7. The molecule has 0 bridgehead atoms. The third kappa shape index (κ3) is 6.20. The van der Waals surface area contributed by atoms with Gasteiger partial charge in [0.1, 0.15) is 5.82 Å². The maximum absolute atomic E-state index is 12.8. The molecule has 0 saturated carbocycles. The second-order valence-electron chi connectivity index (χ2n) is 8.53. The van der Waals surface area contributed by atoms with Crippen LogP contribution in [-0.2, 0) is 16.0 Å². The van der Waals surface area contributed by atoms with Gasteiger partial charge in [0.25, 0.3) is 0 Å². The fourth-order valence-corrected chi connectivity index (χ4v) is 4.73. The molecular formula is C28H29N5O2S. The fraction of sp³-hybridized carbons (Fsp3) is 0.214. The molecule has 2 N–H and O–H groups in total. The molecule has 36 heavy (non-hydrogen) atoms. The van der Waals surface area contributed by atoms with Crippen molar-refractivity contribution in [3.8, 4) is 5.69 Å². The molecule has 7 nitrogen and oxygen atoms in total. The van der Waals surface area contributed by atoms with E-state index in [1.54, 1.807) is 6.92 Å². The smallest absolute Gasteiger partial charge is 0.243 e. The Balaban J connectivity index is 1.43. The van der Waals surface area contributed by atoms with Crippen LogP contribution in [-0.4, -0.2) is 38.4 Å². The standard InChI is InChI=1S/C28H29N5O2S/c1-19-11-10-12-20(2)26(19)30-25(34)18-29-27(35)21(3)36-28-32-31-24(17-22-13-6-4-7-14-22)33(28)23-15-8-5-9-16-23/h4-16,21H,17-18H2,1-3H3,(H,29,35)(H,30,34). The van der Waals surface area contributed by atoms with Gasteiger partial charge < -0.3 is 10.6 Å². The van der Waals surface area contributed by atoms with Gasteiger partial charge in [0.05, 0.1) is 11.8 Å². The van der Waals surface area contributed by atoms with Gasteiger partial charge in [0, 0.05) is 17.8 Å². The first-order valence-electron chi connectivity index (χ1n) is 11.8. The summed E-state index contributed by atoms with van der Waals surface area (Å²) in [7, 11) is 0. The molecule has 184 valence electrons. The summed E-state index contributed by atoms with van der Waals surface area (Å²) in [6.07, 6.45) is 0.613. The lowest BCUT2D eigenvalue weighted by molar-refractivity contribution is -0.123. The van der Waals surface area contributed by atoms with Crippen LogP contribution in [0.3, 0.4) is 0 Å². The number of para-hydroxylation sites is 2. The SMILES string of the molecule is Cc1cccc(C)c1NC(=O)CNC(=O)C(C)Sc1nnc(Cc2ccccc2)n1-c1ccccc1. The van der Waals surface area contributed by atoms with E-state index < -0.39 is 5.25 Å². The first-order valence-corrected chi connectivity index (χ1v) is 12.6. The van der Waals surface area contributed by atoms with Crippen molar-refractivity contribution in [2.75, 3.05) is 11.9 Å². The highest BCUT2D eigenvalue weighted by atomic mass is 32.2. The third-order valence-corrected chi connectivity index (χ3v) is 6.78. The third-order valence-electron chi connectivity index (χ3n) is 5.74. The topological polar surface area (TPSA) is 88.9 Å². The van der Waals surface area contributed by atoms with Crippen molar-refractivity contribution in [2.24, 2.45) is 0 Å². The molecule has 4 aromatic rings. The number of benzene rings is 3. The van der Waals surface area contributed by atoms with Crippen LogP contribution >= 0.6 is 11.8 Å². The van der Waals surface area contributed by atoms with E-state index in [2.05, 4.69) is 33.0 Å². The maximum atomic E-state index is 12.8. The summed E-state index contributed by atoms with van der Waals surface area (Å²) < 4.78 is 1.98. The van der Waals surface area contributed by atoms with Gasteiger partial charge in [0.15, 0.2) is 5.16 Å². The molecule has 1 heterocycles. The molecule has 3 aromatic carbocycles. The van der Waals surface area contributed by atoms with Gasteiger partial charge in [-0.1, -0.05) is 78.5 Å². The van der Waals surface area contributed by atoms with Crippen LogP contribution in [0.4, 0.5) is 5.69 Å². The number of amides is 2. The number of thioether (sulfide) groups is 1. The van der Waals surface area contributed by atoms with Gasteiger partial charge in [-0.2, -0.15) is 0 Å². The Hall–Kier alpha value is -3.91. The molecule has 0 fully saturated rings. The Labute approximate surface area is 215 Å². The van der Waals surface area contributed by atoms with Crippen molar-refractivity contribution in [1.29, 1.82) is 0 Å². The van der Waals surface area contributed by atoms with Crippen LogP contribution < -0.4 is 10.6 Å². The van der Waals surface area contributed by atoms with E-state index in [0.717, 1.165) is 33.9 Å². The zero-order valence-corrected chi connectivity index (χ0v) is 21.4. The van der Waals surface area contributed by atoms with Crippen molar-refractivity contribution in [3.63, 3.8) is 0 Å². The number of aromatic nitrogens is 3. The molecule has 8 heteroatoms. The number of carbonyl (C=O) groups is 2. The Morgan fingerprint density at radius 1 is 0.889 bits per heavy atom. The Bertz CT molecular complexity index is 1320. The molecule has 0 aliphatic heterocycles. The minimum atomic E-state index is -0.478. The molecule has 4 rings (SSSR count). The van der Waals surface area contributed by atoms with Crippen LogP contribution in [0.5, 0.6) is 0 Å². The summed E-state index contributed by atoms with van der Waals surface area (Å²) in [5.74, 6) is 0.273. The van der Waals surface area contributed by atoms with Gasteiger partial charge in [-0.15, -0.1) is 10.2 Å². The minimum absolute atomic E-state index is 0.109. The van der Waals surface area contributed by atoms with E-state index in [0.29, 0.717) is 11.6 Å². The molecule has 1 atom stereocenters. The highest BCUT2D eigenvalue weighted by Crippen LogP contribution is 2.27. The highest BCUT2D eigenvalue weighted by Gasteiger charge is 2.22. The molecule has 0 saturated heterocycles. The van der Waals surface area contributed by atoms with Gasteiger partial charge in [-0.25, -0.2) is 0 Å². The predicted octanol–water partition coefficient (Wildman–Crippen LogP) is 4.71. The second-order valence-corrected chi connectivity index (χ2v) is 9.83. The van der Waals surface area contributed by atoms with Crippen molar-refractivity contribution in [3.05, 3.63) is 101 Å². The van der Waals surface area contributed by atoms with Crippen LogP contribution in [0.15, 0.2) is 84.0 Å². The fourth-order valence-electron chi connectivity index (χ4n) is 3.82. The van der Waals surface area contributed by atoms with Crippen LogP contribution in [0.2, 0.25) is 0 Å². The number of nitrogens with one attached hydrogen (secondary N) is 2. The number of carbonyl (C=O) groups excluding carboxylic acids is 2. The van der Waals surface area contributed by atoms with E-state index in [4.69, 9.17) is 0 Å². The van der Waals surface area contributed by atoms with E-state index >= 15 is 0 Å². The zero-order chi connectivity index (χ0) is 25.5. The Morgan fingerprint density at radius 2 is 1.53 bits per heavy atom. The summed E-state index contributed by atoms with van der Waals surface area (Å²) >= 11 is 1.31. The number of anilines is 1. The summed E-state index contributed by atoms with van der Waals surface area (Å²) in [6, 6.07) is 25.8.